The molecule has 28 heavy (non-hydrogen) atoms. The smallest absolute Gasteiger partial charge is 0.274 e. The maximum absolute atomic E-state index is 12.6. The maximum atomic E-state index is 12.6. The Morgan fingerprint density at radius 3 is 2.89 bits per heavy atom. The average molecular weight is 398 g/mol. The highest BCUT2D eigenvalue weighted by Gasteiger charge is 2.29. The number of thioether (sulfide) groups is 1. The lowest BCUT2D eigenvalue weighted by molar-refractivity contribution is 0.102. The molecule has 2 heterocycles. The first-order valence-electron chi connectivity index (χ1n) is 9.55. The standard InChI is InChI=1S/C22H27N3O2S/c1-16-25-22(2,11-13-28-16)18-7-4-8-19(14-18)24-21(26)20-10-9-17(15-23-20)6-5-12-27-3/h4,7-10,14-15H,5-6,11-13H2,1-3H3,(H,24,26). The van der Waals surface area contributed by atoms with Gasteiger partial charge in [-0.25, -0.2) is 0 Å². The van der Waals surface area contributed by atoms with Crippen molar-refractivity contribution in [2.45, 2.75) is 38.6 Å². The van der Waals surface area contributed by atoms with E-state index in [-0.39, 0.29) is 11.4 Å². The number of anilines is 1. The summed E-state index contributed by atoms with van der Waals surface area (Å²) in [7, 11) is 1.70. The molecular formula is C22H27N3O2S. The molecule has 1 aliphatic rings. The number of aryl methyl sites for hydroxylation is 1. The van der Waals surface area contributed by atoms with Crippen molar-refractivity contribution in [3.8, 4) is 0 Å². The van der Waals surface area contributed by atoms with Crippen LogP contribution in [0.5, 0.6) is 0 Å². The highest BCUT2D eigenvalue weighted by atomic mass is 32.2. The zero-order valence-corrected chi connectivity index (χ0v) is 17.5. The fourth-order valence-corrected chi connectivity index (χ4v) is 4.36. The van der Waals surface area contributed by atoms with Gasteiger partial charge in [0.25, 0.3) is 5.91 Å². The van der Waals surface area contributed by atoms with Crippen LogP contribution >= 0.6 is 11.8 Å². The van der Waals surface area contributed by atoms with E-state index in [0.29, 0.717) is 5.69 Å². The summed E-state index contributed by atoms with van der Waals surface area (Å²) in [5, 5.41) is 4.07. The lowest BCUT2D eigenvalue weighted by atomic mass is 9.89. The second kappa shape index (κ2) is 9.34. The van der Waals surface area contributed by atoms with Crippen LogP contribution in [0, 0.1) is 0 Å². The molecule has 1 atom stereocenters. The van der Waals surface area contributed by atoms with Gasteiger partial charge in [0.05, 0.1) is 10.6 Å². The van der Waals surface area contributed by atoms with Gasteiger partial charge >= 0.3 is 0 Å². The molecule has 0 saturated heterocycles. The van der Waals surface area contributed by atoms with Gasteiger partial charge in [0.2, 0.25) is 0 Å². The summed E-state index contributed by atoms with van der Waals surface area (Å²) >= 11 is 1.80. The molecule has 1 unspecified atom stereocenters. The first-order valence-corrected chi connectivity index (χ1v) is 10.5. The number of amides is 1. The van der Waals surface area contributed by atoms with Crippen molar-refractivity contribution >= 4 is 28.4 Å². The minimum absolute atomic E-state index is 0.204. The Balaban J connectivity index is 1.68. The van der Waals surface area contributed by atoms with E-state index >= 15 is 0 Å². The summed E-state index contributed by atoms with van der Waals surface area (Å²) in [5.74, 6) is 0.855. The number of benzene rings is 1. The van der Waals surface area contributed by atoms with Crippen LogP contribution in [-0.4, -0.2) is 35.4 Å². The van der Waals surface area contributed by atoms with E-state index in [1.807, 2.05) is 24.3 Å². The molecule has 2 aromatic rings. The van der Waals surface area contributed by atoms with Crippen LogP contribution in [0.4, 0.5) is 5.69 Å². The Morgan fingerprint density at radius 1 is 1.32 bits per heavy atom. The number of carbonyl (C=O) groups excluding carboxylic acids is 1. The van der Waals surface area contributed by atoms with Crippen LogP contribution in [0.3, 0.4) is 0 Å². The third-order valence-corrected chi connectivity index (χ3v) is 5.83. The van der Waals surface area contributed by atoms with Crippen LogP contribution in [0.2, 0.25) is 0 Å². The van der Waals surface area contributed by atoms with Crippen LogP contribution in [0.15, 0.2) is 47.6 Å². The van der Waals surface area contributed by atoms with Gasteiger partial charge in [-0.1, -0.05) is 18.2 Å². The predicted octanol–water partition coefficient (Wildman–Crippen LogP) is 4.68. The van der Waals surface area contributed by atoms with Crippen LogP contribution in [-0.2, 0) is 16.7 Å². The summed E-state index contributed by atoms with van der Waals surface area (Å²) < 4.78 is 5.06. The van der Waals surface area contributed by atoms with E-state index in [1.54, 1.807) is 31.1 Å². The van der Waals surface area contributed by atoms with E-state index in [4.69, 9.17) is 9.73 Å². The number of ether oxygens (including phenoxy) is 1. The molecule has 1 aliphatic heterocycles. The Labute approximate surface area is 171 Å². The number of nitrogens with one attached hydrogen (secondary N) is 1. The topological polar surface area (TPSA) is 63.6 Å². The average Bonchev–Trinajstić information content (AvgIpc) is 2.69. The highest BCUT2D eigenvalue weighted by Crippen LogP contribution is 2.36. The maximum Gasteiger partial charge on any atom is 0.274 e. The van der Waals surface area contributed by atoms with Gasteiger partial charge < -0.3 is 10.1 Å². The second-order valence-electron chi connectivity index (χ2n) is 7.19. The van der Waals surface area contributed by atoms with Crippen molar-refractivity contribution in [2.75, 3.05) is 24.8 Å². The van der Waals surface area contributed by atoms with Gasteiger partial charge in [0.1, 0.15) is 5.69 Å². The van der Waals surface area contributed by atoms with Gasteiger partial charge in [-0.2, -0.15) is 0 Å². The summed E-state index contributed by atoms with van der Waals surface area (Å²) in [6, 6.07) is 11.7. The molecule has 0 saturated carbocycles. The van der Waals surface area contributed by atoms with Crippen molar-refractivity contribution < 1.29 is 9.53 Å². The molecule has 1 aromatic carbocycles. The van der Waals surface area contributed by atoms with E-state index < -0.39 is 0 Å². The molecule has 1 N–H and O–H groups in total. The minimum Gasteiger partial charge on any atom is -0.385 e. The molecule has 5 nitrogen and oxygen atoms in total. The van der Waals surface area contributed by atoms with Crippen molar-refractivity contribution in [1.29, 1.82) is 0 Å². The molecule has 1 amide bonds. The number of aliphatic imine (C=N–C) groups is 1. The third kappa shape index (κ3) is 5.20. The normalized spacial score (nSPS) is 19.2. The molecule has 6 heteroatoms. The molecule has 0 spiro atoms. The van der Waals surface area contributed by atoms with E-state index in [9.17, 15) is 4.79 Å². The Bertz CT molecular complexity index is 851. The van der Waals surface area contributed by atoms with Gasteiger partial charge in [-0.15, -0.1) is 11.8 Å². The fraction of sp³-hybridized carbons (Fsp3) is 0.409. The summed E-state index contributed by atoms with van der Waals surface area (Å²) in [6.45, 7) is 4.93. The van der Waals surface area contributed by atoms with Gasteiger partial charge in [-0.3, -0.25) is 14.8 Å². The number of hydrogen-bond donors (Lipinski definition) is 1. The molecule has 0 aliphatic carbocycles. The predicted molar refractivity (Wildman–Crippen MR) is 116 cm³/mol. The molecule has 0 bridgehead atoms. The molecule has 148 valence electrons. The number of nitrogens with zero attached hydrogens (tertiary/aromatic N) is 2. The van der Waals surface area contributed by atoms with Crippen molar-refractivity contribution in [2.24, 2.45) is 4.99 Å². The number of pyridine rings is 1. The van der Waals surface area contributed by atoms with Gasteiger partial charge in [0.15, 0.2) is 0 Å². The first kappa shape index (κ1) is 20.6. The molecule has 0 radical (unpaired) electrons. The number of hydrogen-bond acceptors (Lipinski definition) is 5. The highest BCUT2D eigenvalue weighted by molar-refractivity contribution is 8.13. The second-order valence-corrected chi connectivity index (χ2v) is 8.47. The number of carbonyl (C=O) groups is 1. The first-order chi connectivity index (χ1) is 13.5. The Hall–Kier alpha value is -2.18. The van der Waals surface area contributed by atoms with Gasteiger partial charge in [-0.05, 0) is 62.4 Å². The third-order valence-electron chi connectivity index (χ3n) is 4.92. The van der Waals surface area contributed by atoms with E-state index in [0.717, 1.165) is 53.5 Å². The lowest BCUT2D eigenvalue weighted by Gasteiger charge is -2.30. The number of rotatable bonds is 7. The summed E-state index contributed by atoms with van der Waals surface area (Å²) in [4.78, 5) is 21.7. The monoisotopic (exact) mass is 397 g/mol. The quantitative estimate of drug-likeness (QED) is 0.689. The number of methoxy groups -OCH3 is 1. The van der Waals surface area contributed by atoms with Crippen LogP contribution in [0.25, 0.3) is 0 Å². The Kier molecular flexibility index (Phi) is 6.86. The van der Waals surface area contributed by atoms with Crippen LogP contribution in [0.1, 0.15) is 48.3 Å². The zero-order chi connectivity index (χ0) is 20.0. The summed E-state index contributed by atoms with van der Waals surface area (Å²) in [5.41, 5.74) is 3.16. The molecule has 3 rings (SSSR count). The van der Waals surface area contributed by atoms with E-state index in [1.165, 1.54) is 0 Å². The summed E-state index contributed by atoms with van der Waals surface area (Å²) in [6.07, 6.45) is 4.58. The molecular weight excluding hydrogens is 370 g/mol. The zero-order valence-electron chi connectivity index (χ0n) is 16.7. The van der Waals surface area contributed by atoms with Crippen molar-refractivity contribution in [1.82, 2.24) is 4.98 Å². The van der Waals surface area contributed by atoms with Gasteiger partial charge in [0, 0.05) is 31.4 Å². The van der Waals surface area contributed by atoms with Crippen LogP contribution < -0.4 is 5.32 Å². The molecule has 1 aromatic heterocycles. The largest absolute Gasteiger partial charge is 0.385 e. The SMILES string of the molecule is COCCCc1ccc(C(=O)Nc2cccc(C3(C)CCSC(C)=N3)c2)nc1. The lowest BCUT2D eigenvalue weighted by Crippen LogP contribution is -2.25. The Morgan fingerprint density at radius 2 is 2.18 bits per heavy atom. The van der Waals surface area contributed by atoms with Crippen molar-refractivity contribution in [3.63, 3.8) is 0 Å². The van der Waals surface area contributed by atoms with Crippen molar-refractivity contribution in [3.05, 3.63) is 59.4 Å². The number of aromatic nitrogens is 1. The van der Waals surface area contributed by atoms with E-state index in [2.05, 4.69) is 30.2 Å². The molecule has 0 fully saturated rings. The fourth-order valence-electron chi connectivity index (χ4n) is 3.30. The minimum atomic E-state index is -0.238.